The number of alkyl carbamates (subject to hydrolysis) is 1. The molecule has 21 heteroatoms. The van der Waals surface area contributed by atoms with E-state index < -0.39 is 11.7 Å². The van der Waals surface area contributed by atoms with Crippen molar-refractivity contribution >= 4 is 112 Å². The number of aldehydes is 1. The number of carbonyl (C=O) groups excluding carboxylic acids is 4. The number of carbonyl (C=O) groups is 4. The fourth-order valence-corrected chi connectivity index (χ4v) is 12.0. The first-order chi connectivity index (χ1) is 48.2. The predicted molar refractivity (Wildman–Crippen MR) is 435 cm³/mol. The lowest BCUT2D eigenvalue weighted by Gasteiger charge is -2.34. The van der Waals surface area contributed by atoms with Crippen molar-refractivity contribution in [1.29, 1.82) is 0 Å². The van der Waals surface area contributed by atoms with Crippen molar-refractivity contribution in [2.75, 3.05) is 56.4 Å². The highest BCUT2D eigenvalue weighted by atomic mass is 79.9. The van der Waals surface area contributed by atoms with Crippen LogP contribution in [0, 0.1) is 24.7 Å². The van der Waals surface area contributed by atoms with E-state index in [2.05, 4.69) is 259 Å². The van der Waals surface area contributed by atoms with Gasteiger partial charge in [0.25, 0.3) is 11.8 Å². The minimum absolute atomic E-state index is 0.00420. The summed E-state index contributed by atoms with van der Waals surface area (Å²) in [5.41, 5.74) is 16.3. The van der Waals surface area contributed by atoms with Crippen LogP contribution in [0.25, 0.3) is 43.7 Å². The van der Waals surface area contributed by atoms with E-state index in [-0.39, 0.29) is 40.3 Å². The van der Waals surface area contributed by atoms with Crippen LogP contribution in [0.1, 0.15) is 193 Å². The van der Waals surface area contributed by atoms with Crippen molar-refractivity contribution in [1.82, 2.24) is 51.8 Å². The van der Waals surface area contributed by atoms with Gasteiger partial charge in [0.2, 0.25) is 11.2 Å². The maximum absolute atomic E-state index is 12.5. The molecule has 0 spiro atoms. The molecule has 3 aliphatic rings. The van der Waals surface area contributed by atoms with E-state index in [1.165, 1.54) is 40.4 Å². The Bertz CT molecular complexity index is 4060. The Morgan fingerprint density at radius 1 is 0.573 bits per heavy atom. The topological polar surface area (TPSA) is 251 Å². The number of rotatable bonds is 18. The van der Waals surface area contributed by atoms with Gasteiger partial charge in [0.15, 0.2) is 0 Å². The Morgan fingerprint density at radius 3 is 1.62 bits per heavy atom. The van der Waals surface area contributed by atoms with Gasteiger partial charge in [-0.1, -0.05) is 89.9 Å². The average molecular weight is 1560 g/mol. The number of anilines is 2. The molecule has 10 N–H and O–H groups in total. The summed E-state index contributed by atoms with van der Waals surface area (Å²) in [4.78, 5) is 62.3. The molecule has 18 nitrogen and oxygen atoms in total. The summed E-state index contributed by atoms with van der Waals surface area (Å²) in [5.74, 6) is 1.30. The van der Waals surface area contributed by atoms with Gasteiger partial charge in [0.05, 0.1) is 17.6 Å². The van der Waals surface area contributed by atoms with E-state index in [1.807, 2.05) is 54.7 Å². The third-order valence-electron chi connectivity index (χ3n) is 17.6. The lowest BCUT2D eigenvalue weighted by molar-refractivity contribution is -0.107. The molecule has 0 radical (unpaired) electrons. The molecule has 103 heavy (non-hydrogen) atoms. The third-order valence-corrected chi connectivity index (χ3v) is 18.7. The van der Waals surface area contributed by atoms with Crippen molar-refractivity contribution in [2.24, 2.45) is 16.6 Å². The van der Waals surface area contributed by atoms with Crippen LogP contribution < -0.4 is 48.3 Å². The molecule has 0 unspecified atom stereocenters. The van der Waals surface area contributed by atoms with Crippen LogP contribution >= 0.6 is 43.5 Å². The first-order valence-corrected chi connectivity index (χ1v) is 37.9. The van der Waals surface area contributed by atoms with Gasteiger partial charge in [0, 0.05) is 117 Å². The van der Waals surface area contributed by atoms with E-state index in [9.17, 15) is 19.2 Å². The van der Waals surface area contributed by atoms with Gasteiger partial charge in [0.1, 0.15) is 11.9 Å². The van der Waals surface area contributed by atoms with Gasteiger partial charge in [-0.2, -0.15) is 0 Å². The monoisotopic (exact) mass is 1550 g/mol. The van der Waals surface area contributed by atoms with Gasteiger partial charge < -0.3 is 57.8 Å². The van der Waals surface area contributed by atoms with E-state index in [4.69, 9.17) is 22.1 Å². The number of benzene rings is 6. The second-order valence-electron chi connectivity index (χ2n) is 32.2. The molecule has 11 rings (SSSR count). The number of aryl methyl sites for hydroxylation is 2. The number of hydrogen-bond donors (Lipinski definition) is 9. The molecule has 3 aliphatic carbocycles. The lowest BCUT2D eigenvalue weighted by atomic mass is 9.71. The van der Waals surface area contributed by atoms with E-state index in [1.54, 1.807) is 27.0 Å². The molecule has 3 saturated carbocycles. The molecule has 8 aromatic rings. The highest BCUT2D eigenvalue weighted by Crippen LogP contribution is 2.58. The van der Waals surface area contributed by atoms with Crippen LogP contribution in [0.3, 0.4) is 0 Å². The first-order valence-electron chi connectivity index (χ1n) is 35.9. The quantitative estimate of drug-likeness (QED) is 0.0220. The molecule has 2 heterocycles. The standard InChI is InChI=1S/C25H31N5O.C20H29NO.C16H21BrN2.C8H4BrClN2.C7H13NO3.C6H16N2/c1-16-5-6-18(23(31)29-20-8-9-20)14-21(16)17-7-10-22-19(13-17)15-27-24(30-22)26-11-12-28-25(2,3)4;1-13-6-7-14(18(22)21-16-8-9-16)10-17(13)15-11-19(2,3)20(4,5)12-15;1-16(2,3)19-9-8-18-15-7-5-12-10-14(17)6-4-13(12)11-15;9-6-1-2-7-5(3-6)4-11-8(10)12-7;1-7(2,3)11-6(10)8-4-5-9;1-6(2,3)8-5-4-7/h5-7,10,13-15,20,28H,8-9,11-12H2,1-4H3,(H,29,31)(H,26,27,30);6-7,10,15-16H,8-9,11-12H2,1-5H3,(H,21,22);4-7,10-11,18-19H,8-9H2,1-3H3;1-4H;5H,4H2,1-3H3,(H,8,10);8H,4-5,7H2,1-3H3. The van der Waals surface area contributed by atoms with E-state index in [0.29, 0.717) is 46.6 Å². The first kappa shape index (κ1) is 84.8. The zero-order valence-electron chi connectivity index (χ0n) is 64.1. The second kappa shape index (κ2) is 38.2. The molecule has 3 fully saturated rings. The van der Waals surface area contributed by atoms with Crippen molar-refractivity contribution in [3.05, 3.63) is 164 Å². The zero-order chi connectivity index (χ0) is 76.1. The molecular formula is C82H114Br2ClN13O5. The number of nitrogens with zero attached hydrogens (tertiary/aromatic N) is 4. The maximum Gasteiger partial charge on any atom is 0.408 e. The van der Waals surface area contributed by atoms with E-state index in [0.717, 1.165) is 118 Å². The summed E-state index contributed by atoms with van der Waals surface area (Å²) >= 11 is 12.5. The smallest absolute Gasteiger partial charge is 0.408 e. The molecule has 558 valence electrons. The van der Waals surface area contributed by atoms with E-state index >= 15 is 0 Å². The van der Waals surface area contributed by atoms with Crippen LogP contribution in [-0.4, -0.2) is 124 Å². The Labute approximate surface area is 634 Å². The Balaban J connectivity index is 0.000000205. The van der Waals surface area contributed by atoms with Gasteiger partial charge in [-0.15, -0.1) is 0 Å². The molecule has 3 amide bonds. The van der Waals surface area contributed by atoms with Crippen LogP contribution in [0.15, 0.2) is 131 Å². The number of nitrogens with two attached hydrogens (primary N) is 1. The summed E-state index contributed by atoms with van der Waals surface area (Å²) in [7, 11) is 0. The number of aromatic nitrogens is 4. The Hall–Kier alpha value is -7.17. The number of ether oxygens (including phenoxy) is 1. The Morgan fingerprint density at radius 2 is 1.07 bits per heavy atom. The lowest BCUT2D eigenvalue weighted by Crippen LogP contribution is -2.38. The Kier molecular flexibility index (Phi) is 31.4. The molecular weight excluding hydrogens is 1440 g/mol. The largest absolute Gasteiger partial charge is 0.444 e. The van der Waals surface area contributed by atoms with Gasteiger partial charge in [-0.05, 0) is 281 Å². The number of fused-ring (bicyclic) bond motifs is 3. The normalized spacial score (nSPS) is 14.7. The highest BCUT2D eigenvalue weighted by Gasteiger charge is 2.47. The number of nitrogens with one attached hydrogen (secondary N) is 8. The van der Waals surface area contributed by atoms with Crippen molar-refractivity contribution in [3.63, 3.8) is 0 Å². The zero-order valence-corrected chi connectivity index (χ0v) is 68.0. The summed E-state index contributed by atoms with van der Waals surface area (Å²) in [6.45, 7) is 43.5. The average Bonchev–Trinajstić information content (AvgIpc) is 1.64. The number of hydrogen-bond acceptors (Lipinski definition) is 15. The highest BCUT2D eigenvalue weighted by molar-refractivity contribution is 9.10. The summed E-state index contributed by atoms with van der Waals surface area (Å²) in [6.07, 6.45) is 10.4. The van der Waals surface area contributed by atoms with Gasteiger partial charge >= 0.3 is 6.09 Å². The minimum Gasteiger partial charge on any atom is -0.444 e. The SMILES string of the molecule is CC(C)(C)NCCN.CC(C)(C)NCCNc1ccc2cc(Br)ccc2c1.CC(C)(C)OC(=O)NCC=O.Cc1ccc(C(=O)NC2CC2)cc1-c1ccc2nc(NCCNC(C)(C)C)ncc2c1.Cc1ccc(C(=O)NC2CC2)cc1C1CC(C)(C)C(C)(C)C1.Clc1ncc2cc(Br)ccc2n1. The van der Waals surface area contributed by atoms with Gasteiger partial charge in [-0.25, -0.2) is 24.7 Å². The molecule has 2 aromatic heterocycles. The summed E-state index contributed by atoms with van der Waals surface area (Å²) < 4.78 is 6.97. The maximum atomic E-state index is 12.5. The van der Waals surface area contributed by atoms with Crippen LogP contribution in [0.4, 0.5) is 16.4 Å². The predicted octanol–water partition coefficient (Wildman–Crippen LogP) is 17.6. The van der Waals surface area contributed by atoms with Gasteiger partial charge in [-0.3, -0.25) is 9.59 Å². The van der Waals surface area contributed by atoms with Crippen molar-refractivity contribution in [2.45, 2.75) is 203 Å². The fraction of sp³-hybridized carbons (Fsp3) is 0.488. The van der Waals surface area contributed by atoms with Crippen molar-refractivity contribution < 1.29 is 23.9 Å². The summed E-state index contributed by atoms with van der Waals surface area (Å²) in [6, 6.07) is 37.7. The van der Waals surface area contributed by atoms with Crippen molar-refractivity contribution in [3.8, 4) is 11.1 Å². The number of halogens is 3. The summed E-state index contributed by atoms with van der Waals surface area (Å²) in [5, 5.41) is 30.1. The third kappa shape index (κ3) is 30.4. The molecule has 0 aliphatic heterocycles. The molecule has 0 atom stereocenters. The fourth-order valence-electron chi connectivity index (χ4n) is 11.1. The number of amides is 3. The van der Waals surface area contributed by atoms with Crippen LogP contribution in [0.2, 0.25) is 5.28 Å². The minimum atomic E-state index is -0.565. The van der Waals surface area contributed by atoms with Crippen LogP contribution in [-0.2, 0) is 9.53 Å². The molecule has 0 bridgehead atoms. The molecule has 0 saturated heterocycles. The second-order valence-corrected chi connectivity index (χ2v) is 34.4. The van der Waals surface area contributed by atoms with Crippen LogP contribution in [0.5, 0.6) is 0 Å². The molecule has 6 aromatic carbocycles.